The first-order valence-corrected chi connectivity index (χ1v) is 7.84. The molecule has 2 aromatic rings. The fourth-order valence-electron chi connectivity index (χ4n) is 2.76. The second kappa shape index (κ2) is 7.46. The van der Waals surface area contributed by atoms with Gasteiger partial charge in [-0.2, -0.15) is 0 Å². The molecule has 0 aromatic heterocycles. The van der Waals surface area contributed by atoms with E-state index >= 15 is 0 Å². The van der Waals surface area contributed by atoms with Crippen LogP contribution in [0, 0.1) is 0 Å². The maximum absolute atomic E-state index is 5.75. The summed E-state index contributed by atoms with van der Waals surface area (Å²) in [5.41, 5.74) is 15.8. The average molecular weight is 313 g/mol. The molecule has 5 heteroatoms. The second-order valence-electron chi connectivity index (χ2n) is 5.71. The van der Waals surface area contributed by atoms with Crippen molar-refractivity contribution in [2.75, 3.05) is 26.1 Å². The molecule has 0 bridgehead atoms. The summed E-state index contributed by atoms with van der Waals surface area (Å²) in [6.07, 6.45) is 0.994. The van der Waals surface area contributed by atoms with E-state index in [-0.39, 0.29) is 6.04 Å². The van der Waals surface area contributed by atoms with Gasteiger partial charge in [-0.25, -0.2) is 10.9 Å². The van der Waals surface area contributed by atoms with Gasteiger partial charge in [-0.3, -0.25) is 0 Å². The van der Waals surface area contributed by atoms with Crippen molar-refractivity contribution in [2.24, 2.45) is 0 Å². The number of ether oxygens (including phenoxy) is 2. The standard InChI is InChI=1S/C18H23N3O2/c1-22-10-11-23-16-8-4-14(5-9-16)18-12-17(20-21-18)13-2-6-15(19)7-3-13/h2-9,17-18,20-21H,10-12,19H2,1H3. The summed E-state index contributed by atoms with van der Waals surface area (Å²) in [6, 6.07) is 16.8. The lowest BCUT2D eigenvalue weighted by molar-refractivity contribution is 0.146. The molecule has 1 saturated heterocycles. The Morgan fingerprint density at radius 2 is 1.48 bits per heavy atom. The topological polar surface area (TPSA) is 68.5 Å². The molecule has 0 radical (unpaired) electrons. The Morgan fingerprint density at radius 3 is 2.04 bits per heavy atom. The first kappa shape index (κ1) is 15.8. The lowest BCUT2D eigenvalue weighted by Gasteiger charge is -2.11. The Hall–Kier alpha value is -2.08. The van der Waals surface area contributed by atoms with E-state index in [0.717, 1.165) is 17.9 Å². The van der Waals surface area contributed by atoms with E-state index in [1.165, 1.54) is 11.1 Å². The van der Waals surface area contributed by atoms with Gasteiger partial charge in [-0.1, -0.05) is 24.3 Å². The fourth-order valence-corrected chi connectivity index (χ4v) is 2.76. The molecule has 2 atom stereocenters. The zero-order chi connectivity index (χ0) is 16.1. The van der Waals surface area contributed by atoms with Crippen LogP contribution in [0.5, 0.6) is 5.75 Å². The molecule has 1 fully saturated rings. The van der Waals surface area contributed by atoms with E-state index in [9.17, 15) is 0 Å². The molecular formula is C18H23N3O2. The van der Waals surface area contributed by atoms with Crippen LogP contribution in [0.25, 0.3) is 0 Å². The number of methoxy groups -OCH3 is 1. The van der Waals surface area contributed by atoms with Gasteiger partial charge in [0.05, 0.1) is 6.61 Å². The van der Waals surface area contributed by atoms with E-state index in [2.05, 4.69) is 35.1 Å². The van der Waals surface area contributed by atoms with Crippen molar-refractivity contribution < 1.29 is 9.47 Å². The Bertz CT molecular complexity index is 613. The highest BCUT2D eigenvalue weighted by molar-refractivity contribution is 5.40. The summed E-state index contributed by atoms with van der Waals surface area (Å²) in [7, 11) is 1.67. The third kappa shape index (κ3) is 4.01. The van der Waals surface area contributed by atoms with Crippen molar-refractivity contribution >= 4 is 5.69 Å². The Morgan fingerprint density at radius 1 is 0.913 bits per heavy atom. The zero-order valence-corrected chi connectivity index (χ0v) is 13.3. The van der Waals surface area contributed by atoms with Gasteiger partial charge < -0.3 is 15.2 Å². The van der Waals surface area contributed by atoms with Gasteiger partial charge in [-0.15, -0.1) is 0 Å². The predicted octanol–water partition coefficient (Wildman–Crippen LogP) is 2.57. The normalized spacial score (nSPS) is 20.6. The number of nitrogens with two attached hydrogens (primary N) is 1. The Balaban J connectivity index is 1.59. The smallest absolute Gasteiger partial charge is 0.119 e. The summed E-state index contributed by atoms with van der Waals surface area (Å²) >= 11 is 0. The third-order valence-corrected chi connectivity index (χ3v) is 4.08. The van der Waals surface area contributed by atoms with Gasteiger partial charge in [0, 0.05) is 24.9 Å². The van der Waals surface area contributed by atoms with Crippen LogP contribution in [-0.2, 0) is 4.74 Å². The number of anilines is 1. The van der Waals surface area contributed by atoms with Crippen LogP contribution < -0.4 is 21.3 Å². The summed E-state index contributed by atoms with van der Waals surface area (Å²) in [4.78, 5) is 0. The number of nitrogens with one attached hydrogen (secondary N) is 2. The molecule has 1 heterocycles. The van der Waals surface area contributed by atoms with Crippen molar-refractivity contribution in [1.29, 1.82) is 0 Å². The molecule has 5 nitrogen and oxygen atoms in total. The highest BCUT2D eigenvalue weighted by Crippen LogP contribution is 2.31. The van der Waals surface area contributed by atoms with Gasteiger partial charge in [-0.05, 0) is 41.8 Å². The van der Waals surface area contributed by atoms with Crippen molar-refractivity contribution in [1.82, 2.24) is 10.9 Å². The Kier molecular flexibility index (Phi) is 5.12. The Labute approximate surface area is 136 Å². The number of hydrazine groups is 1. The first-order chi connectivity index (χ1) is 11.3. The van der Waals surface area contributed by atoms with Crippen LogP contribution in [0.1, 0.15) is 29.6 Å². The molecule has 0 amide bonds. The molecule has 3 rings (SSSR count). The van der Waals surface area contributed by atoms with E-state index in [4.69, 9.17) is 15.2 Å². The molecule has 1 aliphatic rings. The second-order valence-corrected chi connectivity index (χ2v) is 5.71. The summed E-state index contributed by atoms with van der Waals surface area (Å²) in [6.45, 7) is 1.16. The SMILES string of the molecule is COCCOc1ccc(C2CC(c3ccc(N)cc3)NN2)cc1. The van der Waals surface area contributed by atoms with Gasteiger partial charge in [0.2, 0.25) is 0 Å². The summed E-state index contributed by atoms with van der Waals surface area (Å²) < 4.78 is 10.6. The molecular weight excluding hydrogens is 290 g/mol. The predicted molar refractivity (Wildman–Crippen MR) is 91.0 cm³/mol. The van der Waals surface area contributed by atoms with Crippen LogP contribution in [0.3, 0.4) is 0 Å². The number of hydrogen-bond acceptors (Lipinski definition) is 5. The van der Waals surface area contributed by atoms with Gasteiger partial charge in [0.15, 0.2) is 0 Å². The van der Waals surface area contributed by atoms with Crippen LogP contribution in [0.15, 0.2) is 48.5 Å². The minimum absolute atomic E-state index is 0.283. The molecule has 1 aliphatic heterocycles. The number of hydrogen-bond donors (Lipinski definition) is 3. The molecule has 0 spiro atoms. The van der Waals surface area contributed by atoms with Crippen molar-refractivity contribution in [3.05, 3.63) is 59.7 Å². The van der Waals surface area contributed by atoms with Crippen LogP contribution >= 0.6 is 0 Å². The van der Waals surface area contributed by atoms with E-state index in [1.54, 1.807) is 7.11 Å². The number of nitrogen functional groups attached to an aromatic ring is 1. The van der Waals surface area contributed by atoms with Crippen molar-refractivity contribution in [2.45, 2.75) is 18.5 Å². The maximum atomic E-state index is 5.75. The third-order valence-electron chi connectivity index (χ3n) is 4.08. The van der Waals surface area contributed by atoms with Crippen LogP contribution in [0.4, 0.5) is 5.69 Å². The van der Waals surface area contributed by atoms with E-state index in [1.807, 2.05) is 24.3 Å². The molecule has 4 N–H and O–H groups in total. The summed E-state index contributed by atoms with van der Waals surface area (Å²) in [5.74, 6) is 0.867. The van der Waals surface area contributed by atoms with Gasteiger partial charge in [0.25, 0.3) is 0 Å². The first-order valence-electron chi connectivity index (χ1n) is 7.84. The monoisotopic (exact) mass is 313 g/mol. The van der Waals surface area contributed by atoms with Gasteiger partial charge in [0.1, 0.15) is 12.4 Å². The maximum Gasteiger partial charge on any atom is 0.119 e. The van der Waals surface area contributed by atoms with Crippen molar-refractivity contribution in [3.8, 4) is 5.75 Å². The largest absolute Gasteiger partial charge is 0.491 e. The number of benzene rings is 2. The fraction of sp³-hybridized carbons (Fsp3) is 0.333. The summed E-state index contributed by atoms with van der Waals surface area (Å²) in [5, 5.41) is 0. The molecule has 2 aromatic carbocycles. The minimum atomic E-state index is 0.283. The van der Waals surface area contributed by atoms with Crippen LogP contribution in [0.2, 0.25) is 0 Å². The molecule has 2 unspecified atom stereocenters. The quantitative estimate of drug-likeness (QED) is 0.565. The van der Waals surface area contributed by atoms with E-state index < -0.39 is 0 Å². The zero-order valence-electron chi connectivity index (χ0n) is 13.3. The van der Waals surface area contributed by atoms with Gasteiger partial charge >= 0.3 is 0 Å². The van der Waals surface area contributed by atoms with Crippen molar-refractivity contribution in [3.63, 3.8) is 0 Å². The lowest BCUT2D eigenvalue weighted by atomic mass is 9.97. The lowest BCUT2D eigenvalue weighted by Crippen LogP contribution is -2.26. The molecule has 122 valence electrons. The highest BCUT2D eigenvalue weighted by atomic mass is 16.5. The molecule has 23 heavy (non-hydrogen) atoms. The average Bonchev–Trinajstić information content (AvgIpc) is 3.06. The van der Waals surface area contributed by atoms with Crippen LogP contribution in [-0.4, -0.2) is 20.3 Å². The van der Waals surface area contributed by atoms with E-state index in [0.29, 0.717) is 19.3 Å². The molecule has 0 saturated carbocycles. The highest BCUT2D eigenvalue weighted by Gasteiger charge is 2.25. The minimum Gasteiger partial charge on any atom is -0.491 e. The number of rotatable bonds is 6. The molecule has 0 aliphatic carbocycles.